The van der Waals surface area contributed by atoms with Crippen LogP contribution in [0.1, 0.15) is 78.6 Å². The molecule has 2 aliphatic carbocycles. The van der Waals surface area contributed by atoms with Gasteiger partial charge in [0.2, 0.25) is 5.91 Å². The molecule has 0 radical (unpaired) electrons. The average molecular weight is 414 g/mol. The number of rotatable bonds is 6. The Morgan fingerprint density at radius 3 is 2.57 bits per heavy atom. The first-order valence-corrected chi connectivity index (χ1v) is 12.2. The van der Waals surface area contributed by atoms with E-state index in [4.69, 9.17) is 4.99 Å². The second-order valence-corrected chi connectivity index (χ2v) is 9.94. The predicted octanol–water partition coefficient (Wildman–Crippen LogP) is 4.48. The minimum Gasteiger partial charge on any atom is -0.387 e. The van der Waals surface area contributed by atoms with Crippen LogP contribution in [-0.2, 0) is 4.79 Å². The van der Waals surface area contributed by atoms with E-state index in [1.165, 1.54) is 19.3 Å². The first-order chi connectivity index (χ1) is 14.4. The van der Waals surface area contributed by atoms with Crippen LogP contribution in [0.5, 0.6) is 0 Å². The third-order valence-corrected chi connectivity index (χ3v) is 7.89. The van der Waals surface area contributed by atoms with E-state index in [0.29, 0.717) is 11.8 Å². The largest absolute Gasteiger partial charge is 0.387 e. The number of likely N-dealkylation sites (N-methyl/N-ethyl adjacent to an activating group) is 1. The zero-order valence-electron chi connectivity index (χ0n) is 19.2. The number of aliphatic imine (C=N–C) groups is 1. The van der Waals surface area contributed by atoms with E-state index in [1.54, 1.807) is 0 Å². The van der Waals surface area contributed by atoms with E-state index >= 15 is 0 Å². The number of allylic oxidation sites excluding steroid dienone is 2. The lowest BCUT2D eigenvalue weighted by Crippen LogP contribution is -2.62. The Morgan fingerprint density at radius 1 is 1.17 bits per heavy atom. The molecule has 1 amide bonds. The maximum Gasteiger partial charge on any atom is 0.238 e. The zero-order valence-corrected chi connectivity index (χ0v) is 19.2. The Balaban J connectivity index is 1.69. The smallest absolute Gasteiger partial charge is 0.238 e. The van der Waals surface area contributed by atoms with Gasteiger partial charge in [0.15, 0.2) is 0 Å². The van der Waals surface area contributed by atoms with E-state index in [1.807, 2.05) is 11.9 Å². The molecule has 2 fully saturated rings. The predicted molar refractivity (Wildman–Crippen MR) is 121 cm³/mol. The minimum atomic E-state index is -0.761. The molecular formula is C25H39N3O2. The molecule has 2 heterocycles. The highest BCUT2D eigenvalue weighted by Crippen LogP contribution is 2.42. The number of amides is 1. The van der Waals surface area contributed by atoms with Gasteiger partial charge in [0.25, 0.3) is 0 Å². The molecule has 2 aliphatic heterocycles. The molecule has 1 N–H and O–H groups in total. The fourth-order valence-corrected chi connectivity index (χ4v) is 5.73. The van der Waals surface area contributed by atoms with Crippen LogP contribution in [0.4, 0.5) is 0 Å². The van der Waals surface area contributed by atoms with Gasteiger partial charge in [-0.15, -0.1) is 0 Å². The van der Waals surface area contributed by atoms with Gasteiger partial charge in [-0.2, -0.15) is 0 Å². The Bertz CT molecular complexity index is 749. The van der Waals surface area contributed by atoms with Gasteiger partial charge in [-0.25, -0.2) is 4.99 Å². The van der Waals surface area contributed by atoms with E-state index in [2.05, 4.69) is 37.8 Å². The lowest BCUT2D eigenvalue weighted by molar-refractivity contribution is -0.141. The van der Waals surface area contributed by atoms with Crippen molar-refractivity contribution in [1.29, 1.82) is 0 Å². The van der Waals surface area contributed by atoms with Crippen LogP contribution in [-0.4, -0.2) is 52.0 Å². The van der Waals surface area contributed by atoms with Crippen LogP contribution in [0.25, 0.3) is 0 Å². The molecule has 166 valence electrons. The molecule has 0 aromatic heterocycles. The van der Waals surface area contributed by atoms with Crippen molar-refractivity contribution in [1.82, 2.24) is 9.80 Å². The molecule has 4 rings (SSSR count). The summed E-state index contributed by atoms with van der Waals surface area (Å²) >= 11 is 0. The number of carbonyl (C=O) groups is 1. The highest BCUT2D eigenvalue weighted by molar-refractivity contribution is 6.03. The van der Waals surface area contributed by atoms with Crippen LogP contribution < -0.4 is 0 Å². The fraction of sp³-hybridized carbons (Fsp3) is 0.760. The summed E-state index contributed by atoms with van der Waals surface area (Å²) in [5, 5.41) is 11.2. The van der Waals surface area contributed by atoms with Crippen LogP contribution in [0.3, 0.4) is 0 Å². The highest BCUT2D eigenvalue weighted by Gasteiger charge is 2.51. The summed E-state index contributed by atoms with van der Waals surface area (Å²) in [6, 6.07) is 0.126. The Morgan fingerprint density at radius 2 is 1.87 bits per heavy atom. The van der Waals surface area contributed by atoms with Gasteiger partial charge < -0.3 is 10.0 Å². The maximum absolute atomic E-state index is 13.9. The number of likely N-dealkylation sites (tertiary alicyclic amines) is 1. The third kappa shape index (κ3) is 3.74. The standard InChI is InChI=1S/C25H39N3O2/c1-5-16(2)14-15-17(3)28-23(18-10-6-7-11-18)26-24-21(25(28)30)22(29)19-12-8-9-13-20(19)27(24)4/h12-13,16-18,21-22,24,29H,5-11,14-15H2,1-4H3. The average Bonchev–Trinajstić information content (AvgIpc) is 3.29. The summed E-state index contributed by atoms with van der Waals surface area (Å²) in [4.78, 5) is 23.3. The van der Waals surface area contributed by atoms with Gasteiger partial charge in [0.1, 0.15) is 17.9 Å². The van der Waals surface area contributed by atoms with E-state index < -0.39 is 12.0 Å². The Labute approximate surface area is 181 Å². The molecule has 0 aromatic rings. The van der Waals surface area contributed by atoms with Crippen molar-refractivity contribution in [2.75, 3.05) is 7.05 Å². The summed E-state index contributed by atoms with van der Waals surface area (Å²) in [5.41, 5.74) is 1.99. The van der Waals surface area contributed by atoms with Crippen molar-refractivity contribution >= 4 is 11.7 Å². The van der Waals surface area contributed by atoms with Gasteiger partial charge in [0.05, 0.1) is 6.10 Å². The first-order valence-electron chi connectivity index (χ1n) is 12.2. The number of aliphatic hydroxyl groups excluding tert-OH is 1. The second-order valence-electron chi connectivity index (χ2n) is 9.94. The molecule has 5 unspecified atom stereocenters. The topological polar surface area (TPSA) is 56.1 Å². The Hall–Kier alpha value is -1.62. The number of piperidine rings is 1. The minimum absolute atomic E-state index is 0.0819. The maximum atomic E-state index is 13.9. The molecule has 1 saturated heterocycles. The van der Waals surface area contributed by atoms with Crippen LogP contribution >= 0.6 is 0 Å². The molecule has 5 nitrogen and oxygen atoms in total. The fourth-order valence-electron chi connectivity index (χ4n) is 5.73. The molecule has 5 atom stereocenters. The van der Waals surface area contributed by atoms with Gasteiger partial charge in [0, 0.05) is 30.3 Å². The number of carbonyl (C=O) groups excluding carboxylic acids is 1. The van der Waals surface area contributed by atoms with Crippen molar-refractivity contribution in [3.05, 3.63) is 23.4 Å². The molecule has 0 aromatic carbocycles. The first kappa shape index (κ1) is 21.6. The molecule has 0 bridgehead atoms. The number of aliphatic hydroxyl groups is 1. The Kier molecular flexibility index (Phi) is 6.38. The van der Waals surface area contributed by atoms with Gasteiger partial charge in [-0.1, -0.05) is 45.3 Å². The molecule has 5 heteroatoms. The van der Waals surface area contributed by atoms with E-state index in [0.717, 1.165) is 55.6 Å². The molecule has 1 saturated carbocycles. The van der Waals surface area contributed by atoms with Gasteiger partial charge in [-0.3, -0.25) is 9.69 Å². The van der Waals surface area contributed by atoms with Crippen molar-refractivity contribution in [3.63, 3.8) is 0 Å². The molecule has 30 heavy (non-hydrogen) atoms. The number of fused-ring (bicyclic) bond motifs is 2. The van der Waals surface area contributed by atoms with Gasteiger partial charge in [-0.05, 0) is 51.4 Å². The lowest BCUT2D eigenvalue weighted by Gasteiger charge is -2.50. The monoisotopic (exact) mass is 413 g/mol. The molecule has 0 spiro atoms. The van der Waals surface area contributed by atoms with Crippen molar-refractivity contribution < 1.29 is 9.90 Å². The third-order valence-electron chi connectivity index (χ3n) is 7.89. The second kappa shape index (κ2) is 8.86. The quantitative estimate of drug-likeness (QED) is 0.698. The molecular weight excluding hydrogens is 374 g/mol. The molecule has 4 aliphatic rings. The summed E-state index contributed by atoms with van der Waals surface area (Å²) in [6.07, 6.45) is 13.1. The van der Waals surface area contributed by atoms with Crippen LogP contribution in [0.2, 0.25) is 0 Å². The van der Waals surface area contributed by atoms with Crippen LogP contribution in [0.15, 0.2) is 28.4 Å². The zero-order chi connectivity index (χ0) is 21.4. The summed E-state index contributed by atoms with van der Waals surface area (Å²) in [5.74, 6) is 1.62. The van der Waals surface area contributed by atoms with Crippen molar-refractivity contribution in [3.8, 4) is 0 Å². The van der Waals surface area contributed by atoms with E-state index in [9.17, 15) is 9.90 Å². The number of amidine groups is 1. The van der Waals surface area contributed by atoms with Crippen LogP contribution in [0, 0.1) is 17.8 Å². The highest BCUT2D eigenvalue weighted by atomic mass is 16.3. The summed E-state index contributed by atoms with van der Waals surface area (Å²) < 4.78 is 0. The summed E-state index contributed by atoms with van der Waals surface area (Å²) in [6.45, 7) is 6.69. The summed E-state index contributed by atoms with van der Waals surface area (Å²) in [7, 11) is 2.04. The normalized spacial score (nSPS) is 31.6. The number of nitrogens with zero attached hydrogens (tertiary/aromatic N) is 3. The van der Waals surface area contributed by atoms with Crippen molar-refractivity contribution in [2.24, 2.45) is 22.7 Å². The van der Waals surface area contributed by atoms with Crippen molar-refractivity contribution in [2.45, 2.75) is 96.9 Å². The number of hydrogen-bond acceptors (Lipinski definition) is 4. The number of hydrogen-bond donors (Lipinski definition) is 1. The SMILES string of the molecule is CCC(C)CCC(C)N1C(=O)C2C(O)C3=CCCC=C3N(C)C2N=C1C1CCCC1. The van der Waals surface area contributed by atoms with Gasteiger partial charge >= 0.3 is 0 Å². The van der Waals surface area contributed by atoms with E-state index in [-0.39, 0.29) is 18.1 Å². The lowest BCUT2D eigenvalue weighted by atomic mass is 9.80.